The lowest BCUT2D eigenvalue weighted by Gasteiger charge is -2.32. The normalized spacial score (nSPS) is 15.7. The molecule has 1 aliphatic rings. The number of anilines is 2. The van der Waals surface area contributed by atoms with E-state index in [4.69, 9.17) is 0 Å². The minimum Gasteiger partial charge on any atom is -0.389 e. The number of aryl methyl sites for hydroxylation is 2. The molecule has 1 atom stereocenters. The van der Waals surface area contributed by atoms with E-state index in [-0.39, 0.29) is 5.82 Å². The molecule has 1 aliphatic heterocycles. The molecular weight excluding hydrogens is 265 g/mol. The Kier molecular flexibility index (Phi) is 3.68. The Bertz CT molecular complexity index is 666. The van der Waals surface area contributed by atoms with E-state index in [1.807, 2.05) is 4.90 Å². The van der Waals surface area contributed by atoms with Crippen molar-refractivity contribution in [2.24, 2.45) is 0 Å². The largest absolute Gasteiger partial charge is 0.389 e. The quantitative estimate of drug-likeness (QED) is 0.890. The summed E-state index contributed by atoms with van der Waals surface area (Å²) in [5, 5.41) is 9.56. The van der Waals surface area contributed by atoms with Gasteiger partial charge in [0, 0.05) is 12.2 Å². The van der Waals surface area contributed by atoms with Crippen LogP contribution < -0.4 is 4.90 Å². The van der Waals surface area contributed by atoms with Crippen molar-refractivity contribution in [1.82, 2.24) is 0 Å². The Morgan fingerprint density at radius 2 is 1.90 bits per heavy atom. The number of hydrogen-bond donors (Lipinski definition) is 1. The van der Waals surface area contributed by atoms with Crippen molar-refractivity contribution in [3.8, 4) is 0 Å². The van der Waals surface area contributed by atoms with Gasteiger partial charge in [-0.15, -0.1) is 0 Å². The second kappa shape index (κ2) is 5.49. The van der Waals surface area contributed by atoms with Crippen LogP contribution in [-0.4, -0.2) is 11.7 Å². The average molecular weight is 285 g/mol. The monoisotopic (exact) mass is 285 g/mol. The summed E-state index contributed by atoms with van der Waals surface area (Å²) >= 11 is 0. The van der Waals surface area contributed by atoms with E-state index in [9.17, 15) is 9.50 Å². The number of fused-ring (bicyclic) bond motifs is 1. The number of benzene rings is 2. The van der Waals surface area contributed by atoms with E-state index in [0.717, 1.165) is 25.1 Å². The minimum absolute atomic E-state index is 0.276. The molecule has 1 N–H and O–H groups in total. The standard InChI is InChI=1S/C18H20FNO/c1-12-5-7-17-15(10-12)4-3-9-20(17)18-8-6-14(13(2)21)11-16(18)19/h5-8,10-11,13,21H,3-4,9H2,1-2H3. The molecule has 3 rings (SSSR count). The van der Waals surface area contributed by atoms with Crippen molar-refractivity contribution < 1.29 is 9.50 Å². The van der Waals surface area contributed by atoms with E-state index in [1.165, 1.54) is 17.2 Å². The SMILES string of the molecule is Cc1ccc2c(c1)CCCN2c1ccc(C(C)O)cc1F. The lowest BCUT2D eigenvalue weighted by molar-refractivity contribution is 0.199. The van der Waals surface area contributed by atoms with E-state index < -0.39 is 6.10 Å². The summed E-state index contributed by atoms with van der Waals surface area (Å²) in [6, 6.07) is 11.3. The lowest BCUT2D eigenvalue weighted by Crippen LogP contribution is -2.25. The molecule has 2 nitrogen and oxygen atoms in total. The summed E-state index contributed by atoms with van der Waals surface area (Å²) in [6.07, 6.45) is 1.42. The summed E-state index contributed by atoms with van der Waals surface area (Å²) in [4.78, 5) is 2.04. The molecule has 0 amide bonds. The molecule has 0 spiro atoms. The van der Waals surface area contributed by atoms with Crippen molar-refractivity contribution in [3.05, 3.63) is 58.9 Å². The summed E-state index contributed by atoms with van der Waals surface area (Å²) in [6.45, 7) is 4.55. The predicted octanol–water partition coefficient (Wildman–Crippen LogP) is 4.27. The number of aliphatic hydroxyl groups excluding tert-OH is 1. The molecule has 0 saturated carbocycles. The summed E-state index contributed by atoms with van der Waals surface area (Å²) < 4.78 is 14.4. The molecule has 0 radical (unpaired) electrons. The van der Waals surface area contributed by atoms with Gasteiger partial charge in [0.1, 0.15) is 5.82 Å². The van der Waals surface area contributed by atoms with Crippen molar-refractivity contribution in [1.29, 1.82) is 0 Å². The van der Waals surface area contributed by atoms with Gasteiger partial charge < -0.3 is 10.0 Å². The summed E-state index contributed by atoms with van der Waals surface area (Å²) in [5.74, 6) is -0.276. The lowest BCUT2D eigenvalue weighted by atomic mass is 9.98. The molecule has 0 aromatic heterocycles. The molecule has 0 bridgehead atoms. The Hall–Kier alpha value is -1.87. The zero-order valence-corrected chi connectivity index (χ0v) is 12.4. The number of aliphatic hydroxyl groups is 1. The molecule has 2 aromatic carbocycles. The van der Waals surface area contributed by atoms with Gasteiger partial charge in [0.05, 0.1) is 11.8 Å². The zero-order valence-electron chi connectivity index (χ0n) is 12.4. The van der Waals surface area contributed by atoms with E-state index in [1.54, 1.807) is 19.1 Å². The molecule has 0 fully saturated rings. The highest BCUT2D eigenvalue weighted by molar-refractivity contribution is 5.69. The number of halogens is 1. The third kappa shape index (κ3) is 2.66. The Morgan fingerprint density at radius 3 is 2.62 bits per heavy atom. The Balaban J connectivity index is 2.03. The van der Waals surface area contributed by atoms with E-state index >= 15 is 0 Å². The molecule has 2 aromatic rings. The second-order valence-electron chi connectivity index (χ2n) is 5.77. The first-order valence-electron chi connectivity index (χ1n) is 7.41. The van der Waals surface area contributed by atoms with Crippen LogP contribution in [0.2, 0.25) is 0 Å². The van der Waals surface area contributed by atoms with Crippen LogP contribution >= 0.6 is 0 Å². The molecule has 1 heterocycles. The van der Waals surface area contributed by atoms with Gasteiger partial charge in [-0.3, -0.25) is 0 Å². The molecule has 0 saturated heterocycles. The van der Waals surface area contributed by atoms with Crippen LogP contribution in [-0.2, 0) is 6.42 Å². The first-order valence-corrected chi connectivity index (χ1v) is 7.41. The van der Waals surface area contributed by atoms with Gasteiger partial charge in [-0.05, 0) is 56.0 Å². The van der Waals surface area contributed by atoms with Gasteiger partial charge >= 0.3 is 0 Å². The van der Waals surface area contributed by atoms with Crippen molar-refractivity contribution in [2.75, 3.05) is 11.4 Å². The van der Waals surface area contributed by atoms with Gasteiger partial charge in [0.15, 0.2) is 0 Å². The average Bonchev–Trinajstić information content (AvgIpc) is 2.46. The maximum absolute atomic E-state index is 14.4. The van der Waals surface area contributed by atoms with Crippen LogP contribution in [0.1, 0.15) is 36.1 Å². The van der Waals surface area contributed by atoms with Crippen LogP contribution in [0.3, 0.4) is 0 Å². The van der Waals surface area contributed by atoms with Gasteiger partial charge in [0.2, 0.25) is 0 Å². The highest BCUT2D eigenvalue weighted by Crippen LogP contribution is 2.35. The Labute approximate surface area is 124 Å². The highest BCUT2D eigenvalue weighted by atomic mass is 19.1. The Morgan fingerprint density at radius 1 is 1.14 bits per heavy atom. The first kappa shape index (κ1) is 14.1. The predicted molar refractivity (Wildman–Crippen MR) is 83.5 cm³/mol. The van der Waals surface area contributed by atoms with Crippen LogP contribution in [0.4, 0.5) is 15.8 Å². The summed E-state index contributed by atoms with van der Waals surface area (Å²) in [7, 11) is 0. The molecule has 1 unspecified atom stereocenters. The van der Waals surface area contributed by atoms with Crippen LogP contribution in [0, 0.1) is 12.7 Å². The van der Waals surface area contributed by atoms with E-state index in [0.29, 0.717) is 11.3 Å². The van der Waals surface area contributed by atoms with Crippen molar-refractivity contribution in [3.63, 3.8) is 0 Å². The molecule has 0 aliphatic carbocycles. The van der Waals surface area contributed by atoms with Gasteiger partial charge in [-0.2, -0.15) is 0 Å². The third-order valence-electron chi connectivity index (χ3n) is 4.10. The number of hydrogen-bond acceptors (Lipinski definition) is 2. The van der Waals surface area contributed by atoms with Crippen LogP contribution in [0.15, 0.2) is 36.4 Å². The molecular formula is C18H20FNO. The minimum atomic E-state index is -0.648. The summed E-state index contributed by atoms with van der Waals surface area (Å²) in [5.41, 5.74) is 4.80. The fraction of sp³-hybridized carbons (Fsp3) is 0.333. The van der Waals surface area contributed by atoms with Crippen LogP contribution in [0.5, 0.6) is 0 Å². The highest BCUT2D eigenvalue weighted by Gasteiger charge is 2.21. The van der Waals surface area contributed by atoms with Crippen LogP contribution in [0.25, 0.3) is 0 Å². The van der Waals surface area contributed by atoms with E-state index in [2.05, 4.69) is 25.1 Å². The molecule has 3 heteroatoms. The third-order valence-corrected chi connectivity index (χ3v) is 4.10. The zero-order chi connectivity index (χ0) is 15.0. The smallest absolute Gasteiger partial charge is 0.147 e. The van der Waals surface area contributed by atoms with Gasteiger partial charge in [-0.25, -0.2) is 4.39 Å². The molecule has 21 heavy (non-hydrogen) atoms. The fourth-order valence-corrected chi connectivity index (χ4v) is 2.98. The maximum Gasteiger partial charge on any atom is 0.147 e. The van der Waals surface area contributed by atoms with Gasteiger partial charge in [-0.1, -0.05) is 23.8 Å². The number of nitrogens with zero attached hydrogens (tertiary/aromatic N) is 1. The topological polar surface area (TPSA) is 23.5 Å². The fourth-order valence-electron chi connectivity index (χ4n) is 2.98. The van der Waals surface area contributed by atoms with Crippen molar-refractivity contribution >= 4 is 11.4 Å². The molecule has 110 valence electrons. The maximum atomic E-state index is 14.4. The van der Waals surface area contributed by atoms with Gasteiger partial charge in [0.25, 0.3) is 0 Å². The number of rotatable bonds is 2. The van der Waals surface area contributed by atoms with Crippen molar-refractivity contribution in [2.45, 2.75) is 32.8 Å². The first-order chi connectivity index (χ1) is 10.1. The second-order valence-corrected chi connectivity index (χ2v) is 5.77.